The molecule has 0 amide bonds. The quantitative estimate of drug-likeness (QED) is 0.443. The third kappa shape index (κ3) is 1.14. The fourth-order valence-corrected chi connectivity index (χ4v) is 0.796. The van der Waals surface area contributed by atoms with Crippen LogP contribution in [0.4, 0.5) is 0 Å². The average Bonchev–Trinajstić information content (AvgIpc) is 1.82. The molecule has 0 spiro atoms. The molecule has 1 aliphatic rings. The summed E-state index contributed by atoms with van der Waals surface area (Å²) in [5.41, 5.74) is 1.93. The van der Waals surface area contributed by atoms with Crippen molar-refractivity contribution < 1.29 is 17.0 Å². The summed E-state index contributed by atoms with van der Waals surface area (Å²) >= 11 is 0. The first kappa shape index (κ1) is 5.92. The van der Waals surface area contributed by atoms with Gasteiger partial charge in [0.1, 0.15) is 0 Å². The summed E-state index contributed by atoms with van der Waals surface area (Å²) in [5.74, 6) is 0. The molecule has 0 atom stereocenters. The molecule has 8 heavy (non-hydrogen) atoms. The van der Waals surface area contributed by atoms with Gasteiger partial charge in [-0.2, -0.15) is 8.42 Å². The lowest BCUT2D eigenvalue weighted by Gasteiger charge is -1.94. The van der Waals surface area contributed by atoms with Crippen molar-refractivity contribution in [1.82, 2.24) is 10.8 Å². The van der Waals surface area contributed by atoms with E-state index in [2.05, 4.69) is 8.57 Å². The number of rotatable bonds is 0. The van der Waals surface area contributed by atoms with E-state index in [0.717, 1.165) is 5.17 Å². The van der Waals surface area contributed by atoms with Crippen molar-refractivity contribution in [1.29, 1.82) is 0 Å². The van der Waals surface area contributed by atoms with Gasteiger partial charge in [0.05, 0.1) is 0 Å². The summed E-state index contributed by atoms with van der Waals surface area (Å²) < 4.78 is 28.1. The first-order valence-electron chi connectivity index (χ1n) is 1.72. The van der Waals surface area contributed by atoms with Crippen molar-refractivity contribution >= 4 is 10.4 Å². The van der Waals surface area contributed by atoms with Crippen LogP contribution < -0.4 is 5.59 Å². The average molecular weight is 140 g/mol. The Morgan fingerprint density at radius 2 is 2.25 bits per heavy atom. The summed E-state index contributed by atoms with van der Waals surface area (Å²) in [6.45, 7) is 0. The minimum atomic E-state index is -3.78. The fraction of sp³-hybridized carbons (Fsp3) is 1.00. The van der Waals surface area contributed by atoms with E-state index >= 15 is 0 Å². The topological polar surface area (TPSA) is 67.9 Å². The van der Waals surface area contributed by atoms with Gasteiger partial charge in [0, 0.05) is 7.05 Å². The van der Waals surface area contributed by atoms with Crippen LogP contribution in [0.1, 0.15) is 0 Å². The highest BCUT2D eigenvalue weighted by molar-refractivity contribution is 7.81. The molecule has 0 aliphatic carbocycles. The Labute approximate surface area is 46.2 Å². The largest absolute Gasteiger partial charge is 0.435 e. The van der Waals surface area contributed by atoms with Gasteiger partial charge < -0.3 is 0 Å². The van der Waals surface area contributed by atoms with E-state index in [9.17, 15) is 8.42 Å². The number of hydroxylamine groups is 1. The van der Waals surface area contributed by atoms with Gasteiger partial charge in [0.2, 0.25) is 0 Å². The lowest BCUT2D eigenvalue weighted by Crippen LogP contribution is -2.23. The van der Waals surface area contributed by atoms with Crippen molar-refractivity contribution in [3.05, 3.63) is 0 Å². The number of hydrazine groups is 1. The molecule has 1 fully saturated rings. The Kier molecular flexibility index (Phi) is 1.21. The molecule has 48 valence electrons. The molecular formula is CH4N2O4S. The van der Waals surface area contributed by atoms with Gasteiger partial charge in [0.15, 0.2) is 0 Å². The first-order valence-corrected chi connectivity index (χ1v) is 3.06. The van der Waals surface area contributed by atoms with Crippen LogP contribution >= 0.6 is 0 Å². The van der Waals surface area contributed by atoms with E-state index in [1.165, 1.54) is 7.05 Å². The monoisotopic (exact) mass is 140 g/mol. The molecule has 1 N–H and O–H groups in total. The normalized spacial score (nSPS) is 28.6. The molecule has 0 unspecified atom stereocenters. The molecular weight excluding hydrogens is 136 g/mol. The highest BCUT2D eigenvalue weighted by Gasteiger charge is 2.24. The van der Waals surface area contributed by atoms with Gasteiger partial charge in [-0.15, -0.1) is 8.57 Å². The Morgan fingerprint density at radius 3 is 2.38 bits per heavy atom. The van der Waals surface area contributed by atoms with Crippen LogP contribution in [0.25, 0.3) is 0 Å². The number of hydrogen-bond acceptors (Lipinski definition) is 6. The maximum absolute atomic E-state index is 10.1. The highest BCUT2D eigenvalue weighted by atomic mass is 32.3. The predicted molar refractivity (Wildman–Crippen MR) is 22.0 cm³/mol. The van der Waals surface area contributed by atoms with E-state index in [0.29, 0.717) is 0 Å². The Bertz CT molecular complexity index is 172. The SMILES string of the molecule is CN1NOS(=O)(=O)O1. The summed E-state index contributed by atoms with van der Waals surface area (Å²) in [6.07, 6.45) is 0. The molecule has 0 aromatic carbocycles. The Balaban J connectivity index is 2.71. The fourth-order valence-electron chi connectivity index (χ4n) is 0.265. The standard InChI is InChI=1S/CH4N2O4S/c1-3-2-6-8(4,5)7-3/h2H,1H3. The second kappa shape index (κ2) is 1.64. The summed E-state index contributed by atoms with van der Waals surface area (Å²) in [7, 11) is -2.43. The minimum absolute atomic E-state index is 0.829. The smallest absolute Gasteiger partial charge is 0.166 e. The molecule has 0 radical (unpaired) electrons. The van der Waals surface area contributed by atoms with E-state index in [4.69, 9.17) is 0 Å². The zero-order chi connectivity index (χ0) is 6.20. The third-order valence-electron chi connectivity index (χ3n) is 0.471. The summed E-state index contributed by atoms with van der Waals surface area (Å²) in [5, 5.41) is 0.829. The van der Waals surface area contributed by atoms with Gasteiger partial charge >= 0.3 is 10.4 Å². The van der Waals surface area contributed by atoms with Crippen LogP contribution in [-0.4, -0.2) is 20.6 Å². The van der Waals surface area contributed by atoms with Crippen LogP contribution in [0.5, 0.6) is 0 Å². The predicted octanol–water partition coefficient (Wildman–Crippen LogP) is -1.46. The lowest BCUT2D eigenvalue weighted by atomic mass is 11.5. The third-order valence-corrected chi connectivity index (χ3v) is 1.16. The second-order valence-corrected chi connectivity index (χ2v) is 2.29. The molecule has 1 heterocycles. The van der Waals surface area contributed by atoms with Crippen LogP contribution in [0.3, 0.4) is 0 Å². The lowest BCUT2D eigenvalue weighted by molar-refractivity contribution is -0.0881. The maximum Gasteiger partial charge on any atom is 0.435 e. The van der Waals surface area contributed by atoms with Crippen molar-refractivity contribution in [2.75, 3.05) is 7.05 Å². The van der Waals surface area contributed by atoms with Crippen LogP contribution in [0, 0.1) is 0 Å². The van der Waals surface area contributed by atoms with Gasteiger partial charge in [-0.05, 0) is 0 Å². The number of nitrogens with zero attached hydrogens (tertiary/aromatic N) is 1. The Morgan fingerprint density at radius 1 is 1.62 bits per heavy atom. The molecule has 0 bridgehead atoms. The van der Waals surface area contributed by atoms with E-state index < -0.39 is 10.4 Å². The van der Waals surface area contributed by atoms with E-state index in [-0.39, 0.29) is 0 Å². The number of nitrogens with one attached hydrogen (secondary N) is 1. The molecule has 1 aliphatic heterocycles. The van der Waals surface area contributed by atoms with Crippen molar-refractivity contribution in [3.8, 4) is 0 Å². The molecule has 1 saturated heterocycles. The van der Waals surface area contributed by atoms with E-state index in [1.54, 1.807) is 0 Å². The molecule has 0 saturated carbocycles. The second-order valence-electron chi connectivity index (χ2n) is 1.15. The molecule has 7 heteroatoms. The maximum atomic E-state index is 10.1. The van der Waals surface area contributed by atoms with Crippen molar-refractivity contribution in [2.45, 2.75) is 0 Å². The summed E-state index contributed by atoms with van der Waals surface area (Å²) in [6, 6.07) is 0. The molecule has 6 nitrogen and oxygen atoms in total. The van der Waals surface area contributed by atoms with Crippen molar-refractivity contribution in [2.24, 2.45) is 0 Å². The van der Waals surface area contributed by atoms with Gasteiger partial charge in [-0.1, -0.05) is 10.8 Å². The van der Waals surface area contributed by atoms with Crippen LogP contribution in [0.15, 0.2) is 0 Å². The van der Waals surface area contributed by atoms with Gasteiger partial charge in [-0.25, -0.2) is 0 Å². The van der Waals surface area contributed by atoms with Gasteiger partial charge in [0.25, 0.3) is 0 Å². The Hall–Kier alpha value is -0.210. The highest BCUT2D eigenvalue weighted by Crippen LogP contribution is 2.01. The molecule has 0 aromatic heterocycles. The summed E-state index contributed by atoms with van der Waals surface area (Å²) in [4.78, 5) is 0. The minimum Gasteiger partial charge on any atom is -0.166 e. The zero-order valence-electron chi connectivity index (χ0n) is 3.99. The molecule has 1 rings (SSSR count). The van der Waals surface area contributed by atoms with Crippen LogP contribution in [-0.2, 0) is 19.0 Å². The van der Waals surface area contributed by atoms with E-state index in [1.807, 2.05) is 5.59 Å². The molecule has 0 aromatic rings. The van der Waals surface area contributed by atoms with Gasteiger partial charge in [-0.3, -0.25) is 0 Å². The first-order chi connectivity index (χ1) is 3.60. The number of hydrogen-bond donors (Lipinski definition) is 1. The van der Waals surface area contributed by atoms with Crippen molar-refractivity contribution in [3.63, 3.8) is 0 Å². The zero-order valence-corrected chi connectivity index (χ0v) is 4.80. The van der Waals surface area contributed by atoms with Crippen LogP contribution in [0.2, 0.25) is 0 Å².